The number of fused-ring (bicyclic) bond motifs is 1. The van der Waals surface area contributed by atoms with E-state index in [2.05, 4.69) is 21.9 Å². The third-order valence-electron chi connectivity index (χ3n) is 7.42. The molecule has 2 saturated heterocycles. The first-order valence-electron chi connectivity index (χ1n) is 11.0. The molecule has 2 aliphatic heterocycles. The fourth-order valence-electron chi connectivity index (χ4n) is 5.82. The number of hydrogen-bond acceptors (Lipinski definition) is 4. The van der Waals surface area contributed by atoms with Crippen LogP contribution in [0.25, 0.3) is 0 Å². The van der Waals surface area contributed by atoms with Gasteiger partial charge in [0.1, 0.15) is 0 Å². The summed E-state index contributed by atoms with van der Waals surface area (Å²) in [5.41, 5.74) is 0. The van der Waals surface area contributed by atoms with Crippen LogP contribution in [-0.2, 0) is 10.0 Å². The van der Waals surface area contributed by atoms with Gasteiger partial charge in [-0.05, 0) is 63.3 Å². The zero-order valence-corrected chi connectivity index (χ0v) is 17.1. The van der Waals surface area contributed by atoms with E-state index in [1.165, 1.54) is 32.2 Å². The van der Waals surface area contributed by atoms with E-state index in [-0.39, 0.29) is 11.3 Å². The molecule has 0 aromatic heterocycles. The Morgan fingerprint density at radius 3 is 2.58 bits per heavy atom. The fourth-order valence-corrected chi connectivity index (χ4v) is 7.65. The van der Waals surface area contributed by atoms with Gasteiger partial charge in [0.2, 0.25) is 10.0 Å². The molecule has 2 N–H and O–H groups in total. The molecule has 6 heteroatoms. The van der Waals surface area contributed by atoms with Crippen LogP contribution in [-0.4, -0.2) is 49.9 Å². The molecule has 4 aliphatic rings. The van der Waals surface area contributed by atoms with Crippen LogP contribution in [0.5, 0.6) is 0 Å². The molecule has 0 aromatic carbocycles. The smallest absolute Gasteiger partial charge is 0.214 e. The topological polar surface area (TPSA) is 61.4 Å². The Balaban J connectivity index is 1.33. The van der Waals surface area contributed by atoms with E-state index in [9.17, 15) is 8.42 Å². The van der Waals surface area contributed by atoms with Gasteiger partial charge in [0.05, 0.1) is 11.4 Å². The maximum Gasteiger partial charge on any atom is 0.214 e. The lowest BCUT2D eigenvalue weighted by molar-refractivity contribution is 0.149. The molecule has 5 nitrogen and oxygen atoms in total. The minimum atomic E-state index is -3.14. The summed E-state index contributed by atoms with van der Waals surface area (Å²) in [4.78, 5) is 2.63. The second kappa shape index (κ2) is 8.06. The summed E-state index contributed by atoms with van der Waals surface area (Å²) in [6, 6.07) is 0.700. The Morgan fingerprint density at radius 2 is 1.77 bits per heavy atom. The van der Waals surface area contributed by atoms with Crippen LogP contribution < -0.4 is 10.0 Å². The molecular weight excluding hydrogens is 346 g/mol. The van der Waals surface area contributed by atoms with Crippen LogP contribution >= 0.6 is 0 Å². The second-order valence-electron chi connectivity index (χ2n) is 9.46. The summed E-state index contributed by atoms with van der Waals surface area (Å²) in [6.45, 7) is 4.74. The van der Waals surface area contributed by atoms with Gasteiger partial charge in [0.25, 0.3) is 0 Å². The molecule has 4 fully saturated rings. The van der Waals surface area contributed by atoms with Crippen molar-refractivity contribution in [2.75, 3.05) is 13.1 Å². The number of hydrogen-bond donors (Lipinski definition) is 2. The predicted octanol–water partition coefficient (Wildman–Crippen LogP) is 2.83. The van der Waals surface area contributed by atoms with Crippen molar-refractivity contribution in [1.82, 2.24) is 14.9 Å². The standard InChI is InChI=1S/C20H37N3O2S/c1-15-10-11-23-14-19(21-20(23)12-15)16-6-5-7-17(13-16)22-26(24,25)18-8-3-2-4-9-18/h15-22H,2-14H2,1H3. The Morgan fingerprint density at radius 1 is 0.962 bits per heavy atom. The zero-order valence-electron chi connectivity index (χ0n) is 16.3. The number of piperidine rings is 1. The number of sulfonamides is 1. The molecule has 150 valence electrons. The average molecular weight is 384 g/mol. The molecule has 2 aliphatic carbocycles. The van der Waals surface area contributed by atoms with Gasteiger partial charge in [-0.1, -0.05) is 32.6 Å². The highest BCUT2D eigenvalue weighted by Gasteiger charge is 2.40. The van der Waals surface area contributed by atoms with Crippen molar-refractivity contribution in [3.8, 4) is 0 Å². The van der Waals surface area contributed by atoms with Crippen molar-refractivity contribution >= 4 is 10.0 Å². The minimum Gasteiger partial charge on any atom is -0.297 e. The molecule has 0 bridgehead atoms. The maximum atomic E-state index is 12.8. The quantitative estimate of drug-likeness (QED) is 0.784. The summed E-state index contributed by atoms with van der Waals surface area (Å²) < 4.78 is 28.7. The van der Waals surface area contributed by atoms with Crippen molar-refractivity contribution in [2.24, 2.45) is 11.8 Å². The number of nitrogens with one attached hydrogen (secondary N) is 2. The molecule has 26 heavy (non-hydrogen) atoms. The maximum absolute atomic E-state index is 12.8. The summed E-state index contributed by atoms with van der Waals surface area (Å²) in [7, 11) is -3.14. The highest BCUT2D eigenvalue weighted by molar-refractivity contribution is 7.90. The molecule has 0 radical (unpaired) electrons. The highest BCUT2D eigenvalue weighted by Crippen LogP contribution is 2.34. The van der Waals surface area contributed by atoms with Gasteiger partial charge in [0.15, 0.2) is 0 Å². The second-order valence-corrected chi connectivity index (χ2v) is 11.5. The van der Waals surface area contributed by atoms with Gasteiger partial charge in [0, 0.05) is 18.6 Å². The van der Waals surface area contributed by atoms with E-state index in [1.54, 1.807) is 0 Å². The van der Waals surface area contributed by atoms with Crippen LogP contribution in [0.3, 0.4) is 0 Å². The molecular formula is C20H37N3O2S. The van der Waals surface area contributed by atoms with Crippen LogP contribution in [0.2, 0.25) is 0 Å². The van der Waals surface area contributed by atoms with Gasteiger partial charge in [-0.2, -0.15) is 0 Å². The monoisotopic (exact) mass is 383 g/mol. The van der Waals surface area contributed by atoms with E-state index in [4.69, 9.17) is 0 Å². The molecule has 4 rings (SSSR count). The SMILES string of the molecule is CC1CCN2CC(C3CCCC(NS(=O)(=O)C4CCCCC4)C3)NC2C1. The molecule has 0 spiro atoms. The fraction of sp³-hybridized carbons (Fsp3) is 1.00. The van der Waals surface area contributed by atoms with E-state index in [0.29, 0.717) is 18.1 Å². The Kier molecular flexibility index (Phi) is 5.94. The van der Waals surface area contributed by atoms with Crippen molar-refractivity contribution in [1.29, 1.82) is 0 Å². The van der Waals surface area contributed by atoms with E-state index in [0.717, 1.165) is 57.4 Å². The zero-order chi connectivity index (χ0) is 18.1. The highest BCUT2D eigenvalue weighted by atomic mass is 32.2. The van der Waals surface area contributed by atoms with Crippen molar-refractivity contribution in [3.63, 3.8) is 0 Å². The first-order chi connectivity index (χ1) is 12.5. The Labute approximate surface area is 159 Å². The molecule has 5 atom stereocenters. The number of nitrogens with zero attached hydrogens (tertiary/aromatic N) is 1. The van der Waals surface area contributed by atoms with Crippen LogP contribution in [0.1, 0.15) is 77.6 Å². The van der Waals surface area contributed by atoms with Gasteiger partial charge in [-0.3, -0.25) is 10.2 Å². The Hall–Kier alpha value is -0.170. The van der Waals surface area contributed by atoms with Crippen molar-refractivity contribution < 1.29 is 8.42 Å². The van der Waals surface area contributed by atoms with Crippen LogP contribution in [0, 0.1) is 11.8 Å². The Bertz CT molecular complexity index is 576. The molecule has 2 heterocycles. The minimum absolute atomic E-state index is 0.142. The lowest BCUT2D eigenvalue weighted by atomic mass is 9.81. The average Bonchev–Trinajstić information content (AvgIpc) is 3.05. The summed E-state index contributed by atoms with van der Waals surface area (Å²) in [5, 5.41) is 3.75. The molecule has 5 unspecified atom stereocenters. The first kappa shape index (κ1) is 19.2. The van der Waals surface area contributed by atoms with E-state index < -0.39 is 10.0 Å². The van der Waals surface area contributed by atoms with E-state index in [1.807, 2.05) is 0 Å². The van der Waals surface area contributed by atoms with E-state index >= 15 is 0 Å². The van der Waals surface area contributed by atoms with Gasteiger partial charge < -0.3 is 0 Å². The summed E-state index contributed by atoms with van der Waals surface area (Å²) >= 11 is 0. The molecule has 2 saturated carbocycles. The number of rotatable bonds is 4. The van der Waals surface area contributed by atoms with Gasteiger partial charge in [-0.25, -0.2) is 13.1 Å². The lowest BCUT2D eigenvalue weighted by Gasteiger charge is -2.34. The summed E-state index contributed by atoms with van der Waals surface area (Å²) in [5.74, 6) is 1.44. The van der Waals surface area contributed by atoms with Gasteiger partial charge >= 0.3 is 0 Å². The van der Waals surface area contributed by atoms with Crippen LogP contribution in [0.15, 0.2) is 0 Å². The molecule has 0 amide bonds. The third kappa shape index (κ3) is 4.29. The normalized spacial score (nSPS) is 40.4. The largest absolute Gasteiger partial charge is 0.297 e. The first-order valence-corrected chi connectivity index (χ1v) is 12.6. The predicted molar refractivity (Wildman–Crippen MR) is 105 cm³/mol. The third-order valence-corrected chi connectivity index (χ3v) is 9.43. The molecule has 0 aromatic rings. The van der Waals surface area contributed by atoms with Crippen molar-refractivity contribution in [3.05, 3.63) is 0 Å². The van der Waals surface area contributed by atoms with Crippen molar-refractivity contribution in [2.45, 2.75) is 101 Å². The van der Waals surface area contributed by atoms with Gasteiger partial charge in [-0.15, -0.1) is 0 Å². The lowest BCUT2D eigenvalue weighted by Crippen LogP contribution is -2.47. The summed E-state index contributed by atoms with van der Waals surface area (Å²) in [6.07, 6.45) is 12.6. The van der Waals surface area contributed by atoms with Crippen LogP contribution in [0.4, 0.5) is 0 Å².